The fraction of sp³-hybridized carbons (Fsp3) is 1.00. The molecular weight excluding hydrogens is 150 g/mol. The maximum absolute atomic E-state index is 5.45. The van der Waals surface area contributed by atoms with Gasteiger partial charge >= 0.3 is 0 Å². The van der Waals surface area contributed by atoms with Crippen LogP contribution < -0.4 is 0 Å². The lowest BCUT2D eigenvalue weighted by Crippen LogP contribution is -2.33. The minimum absolute atomic E-state index is 0.790. The van der Waals surface area contributed by atoms with Crippen molar-refractivity contribution >= 4 is 0 Å². The first kappa shape index (κ1) is 10.0. The zero-order valence-corrected chi connectivity index (χ0v) is 8.38. The molecule has 1 fully saturated rings. The fourth-order valence-corrected chi connectivity index (χ4v) is 1.80. The maximum atomic E-state index is 5.45. The van der Waals surface area contributed by atoms with Gasteiger partial charge in [0.05, 0.1) is 6.61 Å². The van der Waals surface area contributed by atoms with Gasteiger partial charge in [-0.3, -0.25) is 0 Å². The lowest BCUT2D eigenvalue weighted by molar-refractivity contribution is 0.0400. The smallest absolute Gasteiger partial charge is 0.0506 e. The summed E-state index contributed by atoms with van der Waals surface area (Å²) in [5.74, 6) is 0.790. The highest BCUT2D eigenvalue weighted by Crippen LogP contribution is 2.14. The molecular formula is C10H21NO. The summed E-state index contributed by atoms with van der Waals surface area (Å²) in [6.07, 6.45) is 2.61. The predicted octanol–water partition coefficient (Wildman–Crippen LogP) is 1.75. The Morgan fingerprint density at radius 3 is 2.58 bits per heavy atom. The third-order valence-electron chi connectivity index (χ3n) is 2.67. The molecule has 0 spiro atoms. The summed E-state index contributed by atoms with van der Waals surface area (Å²) < 4.78 is 5.45. The quantitative estimate of drug-likeness (QED) is 0.639. The summed E-state index contributed by atoms with van der Waals surface area (Å²) >= 11 is 0. The molecule has 0 radical (unpaired) electrons. The van der Waals surface area contributed by atoms with Gasteiger partial charge in [0.2, 0.25) is 0 Å². The van der Waals surface area contributed by atoms with Gasteiger partial charge in [-0.2, -0.15) is 0 Å². The van der Waals surface area contributed by atoms with Gasteiger partial charge in [0.15, 0.2) is 0 Å². The highest BCUT2D eigenvalue weighted by Gasteiger charge is 2.15. The fourth-order valence-electron chi connectivity index (χ4n) is 1.80. The van der Waals surface area contributed by atoms with Crippen LogP contribution in [0.25, 0.3) is 0 Å². The maximum Gasteiger partial charge on any atom is 0.0506 e. The number of rotatable bonds is 4. The summed E-state index contributed by atoms with van der Waals surface area (Å²) in [6.45, 7) is 10.00. The van der Waals surface area contributed by atoms with Crippen LogP contribution in [0.1, 0.15) is 26.7 Å². The van der Waals surface area contributed by atoms with Crippen LogP contribution in [-0.2, 0) is 4.74 Å². The normalized spacial score (nSPS) is 24.8. The second kappa shape index (κ2) is 5.55. The van der Waals surface area contributed by atoms with E-state index in [1.165, 1.54) is 32.5 Å². The Hall–Kier alpha value is -0.0800. The summed E-state index contributed by atoms with van der Waals surface area (Å²) in [7, 11) is 0. The molecule has 0 bridgehead atoms. The molecule has 1 saturated heterocycles. The van der Waals surface area contributed by atoms with Crippen LogP contribution in [0.2, 0.25) is 0 Å². The van der Waals surface area contributed by atoms with Crippen molar-refractivity contribution in [3.05, 3.63) is 0 Å². The average Bonchev–Trinajstić information content (AvgIpc) is 2.16. The van der Waals surface area contributed by atoms with Crippen molar-refractivity contribution in [3.63, 3.8) is 0 Å². The minimum atomic E-state index is 0.790. The molecule has 2 nitrogen and oxygen atoms in total. The van der Waals surface area contributed by atoms with E-state index < -0.39 is 0 Å². The van der Waals surface area contributed by atoms with E-state index >= 15 is 0 Å². The molecule has 0 aliphatic carbocycles. The molecule has 0 aromatic rings. The molecule has 0 aromatic carbocycles. The van der Waals surface area contributed by atoms with Gasteiger partial charge in [-0.1, -0.05) is 13.8 Å². The molecule has 1 heterocycles. The highest BCUT2D eigenvalue weighted by molar-refractivity contribution is 4.67. The molecule has 0 saturated carbocycles. The zero-order valence-electron chi connectivity index (χ0n) is 8.38. The number of nitrogens with zero attached hydrogens (tertiary/aromatic N) is 1. The van der Waals surface area contributed by atoms with E-state index in [0.717, 1.165) is 19.1 Å². The first-order chi connectivity index (χ1) is 5.86. The van der Waals surface area contributed by atoms with Crippen molar-refractivity contribution in [2.24, 2.45) is 5.92 Å². The van der Waals surface area contributed by atoms with Crippen molar-refractivity contribution in [2.75, 3.05) is 32.8 Å². The highest BCUT2D eigenvalue weighted by atomic mass is 16.5. The molecule has 1 rings (SSSR count). The number of ether oxygens (including phenoxy) is 1. The standard InChI is InChI=1S/C10H21NO/c1-3-11(4-2)8-10-6-5-7-12-9-10/h10H,3-9H2,1-2H3/t10-/m1/s1. The van der Waals surface area contributed by atoms with E-state index in [1.807, 2.05) is 0 Å². The van der Waals surface area contributed by atoms with E-state index in [1.54, 1.807) is 0 Å². The van der Waals surface area contributed by atoms with Crippen LogP contribution in [0.3, 0.4) is 0 Å². The number of hydrogen-bond donors (Lipinski definition) is 0. The van der Waals surface area contributed by atoms with Gasteiger partial charge in [0.1, 0.15) is 0 Å². The third kappa shape index (κ3) is 3.11. The van der Waals surface area contributed by atoms with Crippen LogP contribution in [0.4, 0.5) is 0 Å². The SMILES string of the molecule is CCN(CC)C[C@H]1CCCOC1. The zero-order chi connectivity index (χ0) is 8.81. The Kier molecular flexibility index (Phi) is 4.62. The van der Waals surface area contributed by atoms with Crippen molar-refractivity contribution in [1.82, 2.24) is 4.90 Å². The van der Waals surface area contributed by atoms with Gasteiger partial charge in [0, 0.05) is 13.2 Å². The molecule has 1 atom stereocenters. The van der Waals surface area contributed by atoms with Crippen molar-refractivity contribution < 1.29 is 4.74 Å². The van der Waals surface area contributed by atoms with Gasteiger partial charge in [-0.15, -0.1) is 0 Å². The summed E-state index contributed by atoms with van der Waals surface area (Å²) in [4.78, 5) is 2.49. The molecule has 72 valence electrons. The monoisotopic (exact) mass is 171 g/mol. The third-order valence-corrected chi connectivity index (χ3v) is 2.67. The van der Waals surface area contributed by atoms with Crippen molar-refractivity contribution in [1.29, 1.82) is 0 Å². The van der Waals surface area contributed by atoms with E-state index in [9.17, 15) is 0 Å². The van der Waals surface area contributed by atoms with Gasteiger partial charge < -0.3 is 9.64 Å². The lowest BCUT2D eigenvalue weighted by Gasteiger charge is -2.27. The van der Waals surface area contributed by atoms with Crippen LogP contribution >= 0.6 is 0 Å². The Balaban J connectivity index is 2.18. The van der Waals surface area contributed by atoms with E-state index in [2.05, 4.69) is 18.7 Å². The lowest BCUT2D eigenvalue weighted by atomic mass is 10.0. The predicted molar refractivity (Wildman–Crippen MR) is 51.3 cm³/mol. The molecule has 1 aliphatic rings. The number of hydrogen-bond acceptors (Lipinski definition) is 2. The molecule has 0 N–H and O–H groups in total. The molecule has 12 heavy (non-hydrogen) atoms. The van der Waals surface area contributed by atoms with Crippen molar-refractivity contribution in [3.8, 4) is 0 Å². The topological polar surface area (TPSA) is 12.5 Å². The largest absolute Gasteiger partial charge is 0.381 e. The van der Waals surface area contributed by atoms with Crippen LogP contribution in [-0.4, -0.2) is 37.7 Å². The van der Waals surface area contributed by atoms with Crippen molar-refractivity contribution in [2.45, 2.75) is 26.7 Å². The second-order valence-corrected chi connectivity index (χ2v) is 3.57. The average molecular weight is 171 g/mol. The Morgan fingerprint density at radius 1 is 1.33 bits per heavy atom. The van der Waals surface area contributed by atoms with Gasteiger partial charge in [0.25, 0.3) is 0 Å². The summed E-state index contributed by atoms with van der Waals surface area (Å²) in [5.41, 5.74) is 0. The van der Waals surface area contributed by atoms with Gasteiger partial charge in [-0.05, 0) is 31.8 Å². The van der Waals surface area contributed by atoms with Crippen LogP contribution in [0, 0.1) is 5.92 Å². The molecule has 2 heteroatoms. The first-order valence-corrected chi connectivity index (χ1v) is 5.16. The van der Waals surface area contributed by atoms with E-state index in [-0.39, 0.29) is 0 Å². The van der Waals surface area contributed by atoms with E-state index in [4.69, 9.17) is 4.74 Å². The Labute approximate surface area is 75.9 Å². The molecule has 0 amide bonds. The molecule has 1 aliphatic heterocycles. The second-order valence-electron chi connectivity index (χ2n) is 3.57. The van der Waals surface area contributed by atoms with E-state index in [0.29, 0.717) is 0 Å². The Morgan fingerprint density at radius 2 is 2.08 bits per heavy atom. The first-order valence-electron chi connectivity index (χ1n) is 5.16. The summed E-state index contributed by atoms with van der Waals surface area (Å²) in [6, 6.07) is 0. The van der Waals surface area contributed by atoms with Crippen LogP contribution in [0.5, 0.6) is 0 Å². The molecule has 0 unspecified atom stereocenters. The van der Waals surface area contributed by atoms with Gasteiger partial charge in [-0.25, -0.2) is 0 Å². The summed E-state index contributed by atoms with van der Waals surface area (Å²) in [5, 5.41) is 0. The minimum Gasteiger partial charge on any atom is -0.381 e. The Bertz CT molecular complexity index is 106. The molecule has 0 aromatic heterocycles. The van der Waals surface area contributed by atoms with Crippen LogP contribution in [0.15, 0.2) is 0 Å².